The van der Waals surface area contributed by atoms with Gasteiger partial charge in [0.05, 0.1) is 17.6 Å². The SMILES string of the molecule is O=C(Nc1ccc(N2CCCC2)cc1)c1ccc(Nc2ccc(F)cc2F)cn1. The maximum atomic E-state index is 13.7. The van der Waals surface area contributed by atoms with Gasteiger partial charge in [0, 0.05) is 30.5 Å². The van der Waals surface area contributed by atoms with Crippen molar-refractivity contribution in [2.45, 2.75) is 12.8 Å². The smallest absolute Gasteiger partial charge is 0.274 e. The molecule has 1 aliphatic rings. The maximum absolute atomic E-state index is 13.7. The number of amides is 1. The summed E-state index contributed by atoms with van der Waals surface area (Å²) in [6.45, 7) is 2.13. The van der Waals surface area contributed by atoms with E-state index in [1.54, 1.807) is 6.07 Å². The number of hydrogen-bond acceptors (Lipinski definition) is 4. The predicted octanol–water partition coefficient (Wildman–Crippen LogP) is 4.96. The molecule has 148 valence electrons. The van der Waals surface area contributed by atoms with E-state index >= 15 is 0 Å². The molecular weight excluding hydrogens is 374 g/mol. The number of aromatic nitrogens is 1. The Balaban J connectivity index is 1.38. The van der Waals surface area contributed by atoms with Gasteiger partial charge in [-0.3, -0.25) is 4.79 Å². The van der Waals surface area contributed by atoms with E-state index in [4.69, 9.17) is 0 Å². The van der Waals surface area contributed by atoms with Crippen LogP contribution in [0, 0.1) is 11.6 Å². The molecule has 1 amide bonds. The van der Waals surface area contributed by atoms with Gasteiger partial charge >= 0.3 is 0 Å². The van der Waals surface area contributed by atoms with Crippen LogP contribution in [-0.4, -0.2) is 24.0 Å². The summed E-state index contributed by atoms with van der Waals surface area (Å²) in [4.78, 5) is 18.9. The number of anilines is 4. The van der Waals surface area contributed by atoms with Gasteiger partial charge in [-0.25, -0.2) is 13.8 Å². The van der Waals surface area contributed by atoms with E-state index in [0.717, 1.165) is 30.9 Å². The third kappa shape index (κ3) is 4.51. The van der Waals surface area contributed by atoms with Crippen molar-refractivity contribution in [1.82, 2.24) is 4.98 Å². The van der Waals surface area contributed by atoms with Gasteiger partial charge in [-0.1, -0.05) is 0 Å². The summed E-state index contributed by atoms with van der Waals surface area (Å²) in [6.07, 6.45) is 3.85. The average Bonchev–Trinajstić information content (AvgIpc) is 3.26. The molecule has 2 aromatic carbocycles. The van der Waals surface area contributed by atoms with Crippen LogP contribution in [0.4, 0.5) is 31.5 Å². The molecule has 1 saturated heterocycles. The van der Waals surface area contributed by atoms with E-state index in [0.29, 0.717) is 11.4 Å². The molecule has 0 saturated carbocycles. The molecule has 1 aliphatic heterocycles. The first-order valence-corrected chi connectivity index (χ1v) is 9.43. The lowest BCUT2D eigenvalue weighted by molar-refractivity contribution is 0.102. The van der Waals surface area contributed by atoms with Crippen molar-refractivity contribution in [3.05, 3.63) is 78.1 Å². The van der Waals surface area contributed by atoms with E-state index in [1.165, 1.54) is 31.2 Å². The number of halogens is 2. The number of pyridine rings is 1. The largest absolute Gasteiger partial charge is 0.372 e. The predicted molar refractivity (Wildman–Crippen MR) is 110 cm³/mol. The van der Waals surface area contributed by atoms with Gasteiger partial charge in [-0.05, 0) is 61.4 Å². The molecule has 2 heterocycles. The summed E-state index contributed by atoms with van der Waals surface area (Å²) >= 11 is 0. The summed E-state index contributed by atoms with van der Waals surface area (Å²) < 4.78 is 26.7. The molecule has 0 atom stereocenters. The number of hydrogen-bond donors (Lipinski definition) is 2. The highest BCUT2D eigenvalue weighted by atomic mass is 19.1. The topological polar surface area (TPSA) is 57.3 Å². The van der Waals surface area contributed by atoms with Crippen molar-refractivity contribution in [1.29, 1.82) is 0 Å². The highest BCUT2D eigenvalue weighted by Gasteiger charge is 2.13. The van der Waals surface area contributed by atoms with Crippen LogP contribution in [0.1, 0.15) is 23.3 Å². The number of carbonyl (C=O) groups is 1. The lowest BCUT2D eigenvalue weighted by atomic mass is 10.2. The van der Waals surface area contributed by atoms with Crippen molar-refractivity contribution in [2.24, 2.45) is 0 Å². The van der Waals surface area contributed by atoms with Crippen molar-refractivity contribution in [2.75, 3.05) is 28.6 Å². The fourth-order valence-corrected chi connectivity index (χ4v) is 3.27. The second kappa shape index (κ2) is 8.26. The molecule has 1 aromatic heterocycles. The van der Waals surface area contributed by atoms with Gasteiger partial charge < -0.3 is 15.5 Å². The first-order chi connectivity index (χ1) is 14.1. The van der Waals surface area contributed by atoms with Crippen LogP contribution in [0.5, 0.6) is 0 Å². The van der Waals surface area contributed by atoms with E-state index < -0.39 is 11.6 Å². The van der Waals surface area contributed by atoms with Crippen LogP contribution in [0.25, 0.3) is 0 Å². The summed E-state index contributed by atoms with van der Waals surface area (Å²) in [5.74, 6) is -1.69. The second-order valence-electron chi connectivity index (χ2n) is 6.88. The highest BCUT2D eigenvalue weighted by Crippen LogP contribution is 2.23. The zero-order valence-electron chi connectivity index (χ0n) is 15.7. The molecular formula is C22H20F2N4O. The van der Waals surface area contributed by atoms with E-state index in [-0.39, 0.29) is 17.3 Å². The van der Waals surface area contributed by atoms with Crippen molar-refractivity contribution < 1.29 is 13.6 Å². The Kier molecular flexibility index (Phi) is 5.37. The summed E-state index contributed by atoms with van der Waals surface area (Å²) in [7, 11) is 0. The Hall–Kier alpha value is -3.48. The molecule has 3 aromatic rings. The molecule has 0 spiro atoms. The van der Waals surface area contributed by atoms with Crippen LogP contribution in [0.15, 0.2) is 60.8 Å². The first-order valence-electron chi connectivity index (χ1n) is 9.43. The zero-order valence-corrected chi connectivity index (χ0v) is 15.7. The summed E-state index contributed by atoms with van der Waals surface area (Å²) in [5, 5.41) is 5.63. The summed E-state index contributed by atoms with van der Waals surface area (Å²) in [6, 6.07) is 14.2. The third-order valence-corrected chi connectivity index (χ3v) is 4.80. The van der Waals surface area contributed by atoms with Crippen LogP contribution in [0.3, 0.4) is 0 Å². The standard InChI is InChI=1S/C22H20F2N4O/c23-15-3-9-20(19(24)13-15)26-17-6-10-21(25-14-17)22(29)27-16-4-7-18(8-5-16)28-11-1-2-12-28/h3-10,13-14,26H,1-2,11-12H2,(H,27,29). The van der Waals surface area contributed by atoms with Crippen LogP contribution in [0.2, 0.25) is 0 Å². The Morgan fingerprint density at radius 1 is 0.931 bits per heavy atom. The molecule has 0 bridgehead atoms. The molecule has 0 unspecified atom stereocenters. The lowest BCUT2D eigenvalue weighted by Gasteiger charge is -2.17. The van der Waals surface area contributed by atoms with Crippen molar-refractivity contribution in [3.63, 3.8) is 0 Å². The minimum absolute atomic E-state index is 0.128. The van der Waals surface area contributed by atoms with Gasteiger partial charge in [0.1, 0.15) is 17.3 Å². The normalized spacial score (nSPS) is 13.4. The van der Waals surface area contributed by atoms with Gasteiger partial charge in [-0.15, -0.1) is 0 Å². The summed E-state index contributed by atoms with van der Waals surface area (Å²) in [5.41, 5.74) is 2.70. The molecule has 4 rings (SSSR count). The quantitative estimate of drug-likeness (QED) is 0.643. The molecule has 1 fully saturated rings. The Labute approximate surface area is 167 Å². The zero-order chi connectivity index (χ0) is 20.2. The van der Waals surface area contributed by atoms with Gasteiger partial charge in [0.2, 0.25) is 0 Å². The fraction of sp³-hybridized carbons (Fsp3) is 0.182. The fourth-order valence-electron chi connectivity index (χ4n) is 3.27. The molecule has 5 nitrogen and oxygen atoms in total. The van der Waals surface area contributed by atoms with Crippen LogP contribution < -0.4 is 15.5 Å². The minimum atomic E-state index is -0.704. The molecule has 2 N–H and O–H groups in total. The minimum Gasteiger partial charge on any atom is -0.372 e. The molecule has 29 heavy (non-hydrogen) atoms. The monoisotopic (exact) mass is 394 g/mol. The average molecular weight is 394 g/mol. The number of benzene rings is 2. The maximum Gasteiger partial charge on any atom is 0.274 e. The van der Waals surface area contributed by atoms with E-state index in [9.17, 15) is 13.6 Å². The Morgan fingerprint density at radius 3 is 2.31 bits per heavy atom. The number of nitrogens with one attached hydrogen (secondary N) is 2. The van der Waals surface area contributed by atoms with E-state index in [2.05, 4.69) is 20.5 Å². The lowest BCUT2D eigenvalue weighted by Crippen LogP contribution is -2.17. The van der Waals surface area contributed by atoms with Crippen molar-refractivity contribution >= 4 is 28.7 Å². The first kappa shape index (κ1) is 18.9. The van der Waals surface area contributed by atoms with Crippen LogP contribution in [-0.2, 0) is 0 Å². The van der Waals surface area contributed by atoms with Gasteiger partial charge in [-0.2, -0.15) is 0 Å². The van der Waals surface area contributed by atoms with Gasteiger partial charge in [0.15, 0.2) is 0 Å². The molecule has 0 radical (unpaired) electrons. The number of rotatable bonds is 5. The molecule has 0 aliphatic carbocycles. The van der Waals surface area contributed by atoms with E-state index in [1.807, 2.05) is 24.3 Å². The highest BCUT2D eigenvalue weighted by molar-refractivity contribution is 6.03. The second-order valence-corrected chi connectivity index (χ2v) is 6.88. The van der Waals surface area contributed by atoms with Crippen LogP contribution >= 0.6 is 0 Å². The van der Waals surface area contributed by atoms with Gasteiger partial charge in [0.25, 0.3) is 5.91 Å². The number of carbonyl (C=O) groups excluding carboxylic acids is 1. The Bertz CT molecular complexity index is 1000. The molecule has 7 heteroatoms. The van der Waals surface area contributed by atoms with Crippen molar-refractivity contribution in [3.8, 4) is 0 Å². The Morgan fingerprint density at radius 2 is 1.66 bits per heavy atom. The number of nitrogens with zero attached hydrogens (tertiary/aromatic N) is 2. The third-order valence-electron chi connectivity index (χ3n) is 4.80.